The highest BCUT2D eigenvalue weighted by Gasteiger charge is 2.24. The third-order valence-electron chi connectivity index (χ3n) is 3.63. The average molecular weight is 300 g/mol. The molecule has 0 saturated carbocycles. The van der Waals surface area contributed by atoms with Gasteiger partial charge in [-0.25, -0.2) is 0 Å². The summed E-state index contributed by atoms with van der Waals surface area (Å²) in [6, 6.07) is 10.8. The molecule has 110 valence electrons. The molecule has 0 bridgehead atoms. The molecule has 0 radical (unpaired) electrons. The normalized spacial score (nSPS) is 18.0. The number of benzene rings is 1. The Morgan fingerprint density at radius 3 is 2.90 bits per heavy atom. The maximum atomic E-state index is 4.44. The van der Waals surface area contributed by atoms with Crippen molar-refractivity contribution in [3.8, 4) is 0 Å². The zero-order valence-electron chi connectivity index (χ0n) is 12.0. The van der Waals surface area contributed by atoms with Crippen molar-refractivity contribution in [2.24, 2.45) is 0 Å². The van der Waals surface area contributed by atoms with Crippen LogP contribution in [0.15, 0.2) is 48.1 Å². The Hall–Kier alpha value is -1.59. The van der Waals surface area contributed by atoms with Crippen LogP contribution < -0.4 is 5.32 Å². The predicted octanol–water partition coefficient (Wildman–Crippen LogP) is 3.03. The van der Waals surface area contributed by atoms with Gasteiger partial charge in [-0.05, 0) is 24.9 Å². The topological polar surface area (TPSA) is 42.7 Å². The third kappa shape index (κ3) is 3.36. The summed E-state index contributed by atoms with van der Waals surface area (Å²) in [6.45, 7) is 5.67. The molecule has 5 heteroatoms. The van der Waals surface area contributed by atoms with Crippen LogP contribution in [-0.4, -0.2) is 27.1 Å². The van der Waals surface area contributed by atoms with Crippen LogP contribution in [0, 0.1) is 0 Å². The van der Waals surface area contributed by atoms with Gasteiger partial charge in [-0.3, -0.25) is 0 Å². The molecular formula is C16H20N4S. The molecule has 1 fully saturated rings. The second-order valence-electron chi connectivity index (χ2n) is 5.16. The van der Waals surface area contributed by atoms with Crippen LogP contribution in [0.3, 0.4) is 0 Å². The molecule has 21 heavy (non-hydrogen) atoms. The molecule has 1 aliphatic heterocycles. The number of hydrogen-bond donors (Lipinski definition) is 1. The molecule has 1 aromatic heterocycles. The summed E-state index contributed by atoms with van der Waals surface area (Å²) in [4.78, 5) is 0. The van der Waals surface area contributed by atoms with Gasteiger partial charge < -0.3 is 9.88 Å². The number of thioether (sulfide) groups is 1. The first kappa shape index (κ1) is 14.4. The average Bonchev–Trinajstić information content (AvgIpc) is 3.16. The maximum absolute atomic E-state index is 4.44. The van der Waals surface area contributed by atoms with Gasteiger partial charge in [-0.2, -0.15) is 0 Å². The fraction of sp³-hybridized carbons (Fsp3) is 0.375. The van der Waals surface area contributed by atoms with Crippen LogP contribution in [0.25, 0.3) is 0 Å². The van der Waals surface area contributed by atoms with E-state index < -0.39 is 0 Å². The van der Waals surface area contributed by atoms with Crippen molar-refractivity contribution in [3.05, 3.63) is 54.4 Å². The number of nitrogens with one attached hydrogen (secondary N) is 1. The van der Waals surface area contributed by atoms with Crippen LogP contribution in [-0.2, 0) is 6.54 Å². The van der Waals surface area contributed by atoms with Crippen LogP contribution in [0.5, 0.6) is 0 Å². The van der Waals surface area contributed by atoms with Gasteiger partial charge in [0.1, 0.15) is 0 Å². The predicted molar refractivity (Wildman–Crippen MR) is 86.5 cm³/mol. The van der Waals surface area contributed by atoms with Crippen molar-refractivity contribution < 1.29 is 0 Å². The lowest BCUT2D eigenvalue weighted by Crippen LogP contribution is -2.19. The van der Waals surface area contributed by atoms with Crippen molar-refractivity contribution in [2.45, 2.75) is 30.6 Å². The SMILES string of the molecule is C=CCSc1nnc(C2CCCN2)n1Cc1ccccc1. The lowest BCUT2D eigenvalue weighted by Gasteiger charge is -2.14. The van der Waals surface area contributed by atoms with E-state index in [1.807, 2.05) is 12.1 Å². The summed E-state index contributed by atoms with van der Waals surface area (Å²) >= 11 is 1.69. The molecule has 1 atom stereocenters. The standard InChI is InChI=1S/C16H20N4S/c1-2-11-21-16-19-18-15(14-9-6-10-17-14)20(16)12-13-7-4-3-5-8-13/h2-5,7-8,14,17H,1,6,9-12H2. The summed E-state index contributed by atoms with van der Waals surface area (Å²) in [6.07, 6.45) is 4.25. The monoisotopic (exact) mass is 300 g/mol. The Morgan fingerprint density at radius 2 is 2.19 bits per heavy atom. The van der Waals surface area contributed by atoms with E-state index in [9.17, 15) is 0 Å². The lowest BCUT2D eigenvalue weighted by atomic mass is 10.2. The largest absolute Gasteiger partial charge is 0.307 e. The Morgan fingerprint density at radius 1 is 1.33 bits per heavy atom. The van der Waals surface area contributed by atoms with Gasteiger partial charge in [0.15, 0.2) is 11.0 Å². The molecule has 1 aromatic carbocycles. The highest BCUT2D eigenvalue weighted by molar-refractivity contribution is 7.99. The number of rotatable bonds is 6. The Balaban J connectivity index is 1.89. The molecule has 3 rings (SSSR count). The number of aromatic nitrogens is 3. The van der Waals surface area contributed by atoms with Crippen LogP contribution in [0.1, 0.15) is 30.3 Å². The second kappa shape index (κ2) is 6.91. The summed E-state index contributed by atoms with van der Waals surface area (Å²) in [5.74, 6) is 1.91. The zero-order valence-corrected chi connectivity index (χ0v) is 12.9. The highest BCUT2D eigenvalue weighted by Crippen LogP contribution is 2.26. The number of hydrogen-bond acceptors (Lipinski definition) is 4. The van der Waals surface area contributed by atoms with E-state index in [4.69, 9.17) is 0 Å². The van der Waals surface area contributed by atoms with Crippen LogP contribution in [0.4, 0.5) is 0 Å². The fourth-order valence-corrected chi connectivity index (χ4v) is 3.30. The third-order valence-corrected chi connectivity index (χ3v) is 4.59. The Bertz CT molecular complexity index is 588. The molecule has 0 amide bonds. The van der Waals surface area contributed by atoms with E-state index >= 15 is 0 Å². The van der Waals surface area contributed by atoms with Crippen molar-refractivity contribution >= 4 is 11.8 Å². The smallest absolute Gasteiger partial charge is 0.191 e. The first-order chi connectivity index (χ1) is 10.4. The van der Waals surface area contributed by atoms with E-state index in [0.717, 1.165) is 36.2 Å². The summed E-state index contributed by atoms with van der Waals surface area (Å²) in [5, 5.41) is 13.3. The molecule has 0 aliphatic carbocycles. The van der Waals surface area contributed by atoms with Gasteiger partial charge in [-0.15, -0.1) is 16.8 Å². The summed E-state index contributed by atoms with van der Waals surface area (Å²) in [7, 11) is 0. The van der Waals surface area contributed by atoms with Gasteiger partial charge in [0.25, 0.3) is 0 Å². The lowest BCUT2D eigenvalue weighted by molar-refractivity contribution is 0.550. The van der Waals surface area contributed by atoms with Crippen molar-refractivity contribution in [1.29, 1.82) is 0 Å². The second-order valence-corrected chi connectivity index (χ2v) is 6.15. The van der Waals surface area contributed by atoms with E-state index in [1.54, 1.807) is 11.8 Å². The van der Waals surface area contributed by atoms with Crippen molar-refractivity contribution in [3.63, 3.8) is 0 Å². The van der Waals surface area contributed by atoms with E-state index in [2.05, 4.69) is 50.9 Å². The Labute approximate surface area is 129 Å². The molecule has 1 unspecified atom stereocenters. The molecular weight excluding hydrogens is 280 g/mol. The van der Waals surface area contributed by atoms with E-state index in [0.29, 0.717) is 6.04 Å². The van der Waals surface area contributed by atoms with Gasteiger partial charge in [-0.1, -0.05) is 48.2 Å². The first-order valence-electron chi connectivity index (χ1n) is 7.32. The fourth-order valence-electron chi connectivity index (χ4n) is 2.62. The maximum Gasteiger partial charge on any atom is 0.191 e. The van der Waals surface area contributed by atoms with E-state index in [-0.39, 0.29) is 0 Å². The molecule has 0 spiro atoms. The molecule has 2 aromatic rings. The molecule has 2 heterocycles. The summed E-state index contributed by atoms with van der Waals surface area (Å²) in [5.41, 5.74) is 1.28. The quantitative estimate of drug-likeness (QED) is 0.658. The zero-order chi connectivity index (χ0) is 14.5. The molecule has 4 nitrogen and oxygen atoms in total. The highest BCUT2D eigenvalue weighted by atomic mass is 32.2. The van der Waals surface area contributed by atoms with Gasteiger partial charge in [0, 0.05) is 5.75 Å². The van der Waals surface area contributed by atoms with Gasteiger partial charge in [0.2, 0.25) is 0 Å². The van der Waals surface area contributed by atoms with Crippen molar-refractivity contribution in [2.75, 3.05) is 12.3 Å². The van der Waals surface area contributed by atoms with E-state index in [1.165, 1.54) is 12.0 Å². The molecule has 1 aliphatic rings. The minimum Gasteiger partial charge on any atom is -0.307 e. The molecule has 1 saturated heterocycles. The van der Waals surface area contributed by atoms with Crippen LogP contribution in [0.2, 0.25) is 0 Å². The van der Waals surface area contributed by atoms with Gasteiger partial charge in [0.05, 0.1) is 12.6 Å². The first-order valence-corrected chi connectivity index (χ1v) is 8.31. The molecule has 1 N–H and O–H groups in total. The number of nitrogens with zero attached hydrogens (tertiary/aromatic N) is 3. The Kier molecular flexibility index (Phi) is 4.72. The minimum atomic E-state index is 0.333. The van der Waals surface area contributed by atoms with Crippen LogP contribution >= 0.6 is 11.8 Å². The van der Waals surface area contributed by atoms with Gasteiger partial charge >= 0.3 is 0 Å². The van der Waals surface area contributed by atoms with Crippen molar-refractivity contribution in [1.82, 2.24) is 20.1 Å². The summed E-state index contributed by atoms with van der Waals surface area (Å²) < 4.78 is 2.24. The minimum absolute atomic E-state index is 0.333.